The summed E-state index contributed by atoms with van der Waals surface area (Å²) in [5.41, 5.74) is 6.58. The van der Waals surface area contributed by atoms with Crippen LogP contribution in [-0.2, 0) is 0 Å². The molecule has 2 N–H and O–H groups in total. The van der Waals surface area contributed by atoms with Crippen LogP contribution in [-0.4, -0.2) is 10.5 Å². The number of carbonyl (C=O) groups is 1. The Hall–Kier alpha value is -2.78. The third kappa shape index (κ3) is 2.87. The van der Waals surface area contributed by atoms with E-state index in [4.69, 9.17) is 5.73 Å². The maximum Gasteiger partial charge on any atom is 0.251 e. The number of anilines is 1. The number of hydrogen-bond donors (Lipinski definition) is 1. The molecule has 0 unspecified atom stereocenters. The molecule has 28 heavy (non-hydrogen) atoms. The van der Waals surface area contributed by atoms with Gasteiger partial charge in [0.2, 0.25) is 0 Å². The van der Waals surface area contributed by atoms with E-state index in [1.54, 1.807) is 11.3 Å². The van der Waals surface area contributed by atoms with Gasteiger partial charge in [0.25, 0.3) is 5.91 Å². The van der Waals surface area contributed by atoms with Crippen LogP contribution >= 0.6 is 34.4 Å². The zero-order valence-electron chi connectivity index (χ0n) is 15.0. The van der Waals surface area contributed by atoms with Gasteiger partial charge in [0, 0.05) is 24.7 Å². The molecule has 0 aliphatic carbocycles. The van der Waals surface area contributed by atoms with Gasteiger partial charge in [0.15, 0.2) is 5.69 Å². The highest BCUT2D eigenvalue weighted by atomic mass is 32.2. The quantitative estimate of drug-likeness (QED) is 0.684. The normalized spacial score (nSPS) is 16.7. The summed E-state index contributed by atoms with van der Waals surface area (Å²) < 4.78 is 1.33. The van der Waals surface area contributed by atoms with E-state index in [1.807, 2.05) is 44.2 Å². The summed E-state index contributed by atoms with van der Waals surface area (Å²) in [7, 11) is 0. The highest BCUT2D eigenvalue weighted by Crippen LogP contribution is 2.41. The van der Waals surface area contributed by atoms with Gasteiger partial charge in [-0.15, -0.1) is 22.7 Å². The van der Waals surface area contributed by atoms with Gasteiger partial charge in [0.1, 0.15) is 22.3 Å². The minimum Gasteiger partial charge on any atom is -0.396 e. The molecule has 1 aliphatic heterocycles. The Labute approximate surface area is 173 Å². The molecule has 0 bridgehead atoms. The molecule has 1 aliphatic rings. The molecule has 0 spiro atoms. The van der Waals surface area contributed by atoms with Crippen molar-refractivity contribution in [1.82, 2.24) is 4.57 Å². The largest absolute Gasteiger partial charge is 0.396 e. The second kappa shape index (κ2) is 6.99. The predicted octanol–water partition coefficient (Wildman–Crippen LogP) is 3.27. The van der Waals surface area contributed by atoms with Crippen molar-refractivity contribution in [3.05, 3.63) is 60.0 Å². The maximum atomic E-state index is 13.3. The van der Waals surface area contributed by atoms with Crippen LogP contribution in [0.2, 0.25) is 0 Å². The van der Waals surface area contributed by atoms with Crippen LogP contribution in [0.15, 0.2) is 24.3 Å². The van der Waals surface area contributed by atoms with Gasteiger partial charge < -0.3 is 5.73 Å². The lowest BCUT2D eigenvalue weighted by atomic mass is 10.2. The van der Waals surface area contributed by atoms with Gasteiger partial charge in [-0.1, -0.05) is 11.8 Å². The number of thiophene rings is 2. The fourth-order valence-corrected chi connectivity index (χ4v) is 6.14. The molecule has 5 nitrogen and oxygen atoms in total. The van der Waals surface area contributed by atoms with Gasteiger partial charge in [-0.25, -0.2) is 0 Å². The Balaban J connectivity index is 2.04. The average Bonchev–Trinajstić information content (AvgIpc) is 3.35. The Morgan fingerprint density at radius 3 is 2.39 bits per heavy atom. The summed E-state index contributed by atoms with van der Waals surface area (Å²) in [5, 5.41) is 19.9. The summed E-state index contributed by atoms with van der Waals surface area (Å²) in [6, 6.07) is 12.1. The number of thioether (sulfide) groups is 1. The van der Waals surface area contributed by atoms with E-state index in [0.29, 0.717) is 15.5 Å². The summed E-state index contributed by atoms with van der Waals surface area (Å²) >= 11 is 4.33. The summed E-state index contributed by atoms with van der Waals surface area (Å²) in [6.45, 7) is 3.97. The van der Waals surface area contributed by atoms with Crippen molar-refractivity contribution in [2.24, 2.45) is 0 Å². The first-order valence-corrected chi connectivity index (χ1v) is 10.9. The van der Waals surface area contributed by atoms with E-state index in [0.717, 1.165) is 19.5 Å². The molecule has 3 aromatic heterocycles. The van der Waals surface area contributed by atoms with E-state index in [1.165, 1.54) is 27.7 Å². The first-order chi connectivity index (χ1) is 13.4. The van der Waals surface area contributed by atoms with E-state index < -0.39 is 5.25 Å². The third-order valence-corrected chi connectivity index (χ3v) is 7.79. The Kier molecular flexibility index (Phi) is 4.64. The molecule has 0 amide bonds. The van der Waals surface area contributed by atoms with E-state index in [-0.39, 0.29) is 17.3 Å². The van der Waals surface area contributed by atoms with Crippen molar-refractivity contribution < 1.29 is 4.79 Å². The van der Waals surface area contributed by atoms with Gasteiger partial charge in [-0.2, -0.15) is 10.5 Å². The Bertz CT molecular complexity index is 1330. The minimum absolute atomic E-state index is 0.0888. The number of hydrogen-bond acceptors (Lipinski definition) is 7. The molecular weight excluding hydrogens is 408 g/mol. The summed E-state index contributed by atoms with van der Waals surface area (Å²) in [5.74, 6) is -0.244. The van der Waals surface area contributed by atoms with Crippen LogP contribution in [0, 0.1) is 36.5 Å². The molecule has 1 atom stereocenters. The zero-order valence-corrected chi connectivity index (χ0v) is 17.5. The smallest absolute Gasteiger partial charge is 0.251 e. The van der Waals surface area contributed by atoms with Gasteiger partial charge >= 0.3 is 0 Å². The first kappa shape index (κ1) is 18.6. The lowest BCUT2D eigenvalue weighted by Crippen LogP contribution is -2.40. The van der Waals surface area contributed by atoms with Crippen LogP contribution < -0.4 is 16.3 Å². The van der Waals surface area contributed by atoms with E-state index in [9.17, 15) is 15.3 Å². The molecule has 3 aromatic rings. The van der Waals surface area contributed by atoms with Gasteiger partial charge in [-0.05, 0) is 44.2 Å². The van der Waals surface area contributed by atoms with Crippen LogP contribution in [0.4, 0.5) is 5.69 Å². The molecular formula is C20H14N4OS3. The second-order valence-corrected chi connectivity index (χ2v) is 10.0. The van der Waals surface area contributed by atoms with Crippen LogP contribution in [0.1, 0.15) is 35.2 Å². The van der Waals surface area contributed by atoms with Crippen molar-refractivity contribution in [2.75, 3.05) is 5.73 Å². The molecule has 138 valence electrons. The van der Waals surface area contributed by atoms with Gasteiger partial charge in [-0.3, -0.25) is 9.36 Å². The number of nitrogen functional groups attached to an aromatic ring is 1. The number of aryl methyl sites for hydroxylation is 2. The van der Waals surface area contributed by atoms with Gasteiger partial charge in [0.05, 0.1) is 11.0 Å². The van der Waals surface area contributed by atoms with Crippen molar-refractivity contribution >= 4 is 57.0 Å². The number of nitrogens with zero attached hydrogens (tertiary/aromatic N) is 3. The summed E-state index contributed by atoms with van der Waals surface area (Å²) in [6.07, 6.45) is 1.85. The first-order valence-electron chi connectivity index (χ1n) is 8.34. The molecule has 0 saturated carbocycles. The van der Waals surface area contributed by atoms with Crippen LogP contribution in [0.3, 0.4) is 0 Å². The minimum atomic E-state index is -0.559. The maximum absolute atomic E-state index is 13.3. The third-order valence-electron chi connectivity index (χ3n) is 4.42. The Morgan fingerprint density at radius 2 is 1.82 bits per heavy atom. The van der Waals surface area contributed by atoms with E-state index >= 15 is 0 Å². The Morgan fingerprint density at radius 1 is 1.11 bits per heavy atom. The van der Waals surface area contributed by atoms with Crippen molar-refractivity contribution in [1.29, 1.82) is 10.5 Å². The lowest BCUT2D eigenvalue weighted by molar-refractivity contribution is 0.0906. The predicted molar refractivity (Wildman–Crippen MR) is 114 cm³/mol. The van der Waals surface area contributed by atoms with Crippen LogP contribution in [0.25, 0.3) is 11.0 Å². The standard InChI is InChI=1S/C20H14N4OS3/c1-10-3-5-12(26-10)7-13-17(23)14(8-21)24-18(13)16(9-22)28-19(20(24)25)15-6-4-11(2)27-15/h3-7,19H,23H2,1-2H3/b13-7+/t19-/m1/s1. The summed E-state index contributed by atoms with van der Waals surface area (Å²) in [4.78, 5) is 17.7. The lowest BCUT2D eigenvalue weighted by Gasteiger charge is -2.19. The van der Waals surface area contributed by atoms with Crippen molar-refractivity contribution in [2.45, 2.75) is 19.1 Å². The molecule has 0 aromatic carbocycles. The average molecular weight is 423 g/mol. The van der Waals surface area contributed by atoms with Crippen molar-refractivity contribution in [3.8, 4) is 12.1 Å². The molecule has 4 heterocycles. The highest BCUT2D eigenvalue weighted by Gasteiger charge is 2.34. The highest BCUT2D eigenvalue weighted by molar-refractivity contribution is 8.09. The molecule has 0 fully saturated rings. The van der Waals surface area contributed by atoms with E-state index in [2.05, 4.69) is 12.1 Å². The topological polar surface area (TPSA) is 95.6 Å². The molecule has 8 heteroatoms. The van der Waals surface area contributed by atoms with Crippen LogP contribution in [0.5, 0.6) is 0 Å². The number of aromatic nitrogens is 1. The number of carbonyl (C=O) groups excluding carboxylic acids is 1. The fourth-order valence-electron chi connectivity index (χ4n) is 3.18. The zero-order chi connectivity index (χ0) is 20.0. The molecule has 0 saturated heterocycles. The number of nitrogens with two attached hydrogens (primary N) is 1. The fraction of sp³-hybridized carbons (Fsp3) is 0.150. The van der Waals surface area contributed by atoms with Crippen molar-refractivity contribution in [3.63, 3.8) is 0 Å². The number of rotatable bonds is 2. The SMILES string of the molecule is Cc1ccc(/C=c2\c(N)c(C#N)n3c2=C(C#N)S[C@H](c2ccc(C)s2)C3=O)s1. The monoisotopic (exact) mass is 422 g/mol. The second-order valence-electron chi connectivity index (χ2n) is 6.29. The molecule has 0 radical (unpaired) electrons. The number of nitriles is 2. The molecule has 4 rings (SSSR count). The number of fused-ring (bicyclic) bond motifs is 1.